The summed E-state index contributed by atoms with van der Waals surface area (Å²) in [5.41, 5.74) is 1.08. The minimum Gasteiger partial charge on any atom is -0.496 e. The molecule has 1 N–H and O–H groups in total. The van der Waals surface area contributed by atoms with Crippen LogP contribution < -0.4 is 14.8 Å². The lowest BCUT2D eigenvalue weighted by atomic mass is 9.91. The summed E-state index contributed by atoms with van der Waals surface area (Å²) in [4.78, 5) is 0. The van der Waals surface area contributed by atoms with Gasteiger partial charge in [-0.1, -0.05) is 11.6 Å². The monoisotopic (exact) mass is 269 g/mol. The summed E-state index contributed by atoms with van der Waals surface area (Å²) in [6, 6.07) is 3.73. The second kappa shape index (κ2) is 6.30. The van der Waals surface area contributed by atoms with Crippen molar-refractivity contribution in [1.29, 1.82) is 0 Å². The van der Waals surface area contributed by atoms with Crippen LogP contribution in [0, 0.1) is 5.92 Å². The number of benzene rings is 1. The van der Waals surface area contributed by atoms with Gasteiger partial charge < -0.3 is 14.8 Å². The number of nitrogens with one attached hydrogen (secondary N) is 1. The van der Waals surface area contributed by atoms with Gasteiger partial charge in [0.05, 0.1) is 19.2 Å². The Bertz CT molecular complexity index is 403. The first-order valence-electron chi connectivity index (χ1n) is 6.36. The average Bonchev–Trinajstić information content (AvgIpc) is 2.40. The molecule has 1 aromatic carbocycles. The Kier molecular flexibility index (Phi) is 4.72. The summed E-state index contributed by atoms with van der Waals surface area (Å²) >= 11 is 6.18. The molecular weight excluding hydrogens is 250 g/mol. The number of hydrogen-bond acceptors (Lipinski definition) is 3. The first-order chi connectivity index (χ1) is 8.76. The SMILES string of the molecule is COc1ccc(Cl)c(OC)c1CC1CCCNC1. The van der Waals surface area contributed by atoms with E-state index >= 15 is 0 Å². The summed E-state index contributed by atoms with van der Waals surface area (Å²) in [5.74, 6) is 2.24. The van der Waals surface area contributed by atoms with Gasteiger partial charge in [-0.05, 0) is 50.4 Å². The van der Waals surface area contributed by atoms with Crippen molar-refractivity contribution in [3.8, 4) is 11.5 Å². The van der Waals surface area contributed by atoms with Crippen LogP contribution in [0.1, 0.15) is 18.4 Å². The zero-order valence-electron chi connectivity index (χ0n) is 11.0. The van der Waals surface area contributed by atoms with Crippen molar-refractivity contribution in [3.05, 3.63) is 22.7 Å². The van der Waals surface area contributed by atoms with Crippen LogP contribution >= 0.6 is 11.6 Å². The molecule has 0 radical (unpaired) electrons. The molecule has 1 aromatic rings. The second-order valence-electron chi connectivity index (χ2n) is 4.68. The van der Waals surface area contributed by atoms with Gasteiger partial charge >= 0.3 is 0 Å². The van der Waals surface area contributed by atoms with Crippen LogP contribution in [0.2, 0.25) is 5.02 Å². The Labute approximate surface area is 113 Å². The number of rotatable bonds is 4. The van der Waals surface area contributed by atoms with Crippen LogP contribution in [0.4, 0.5) is 0 Å². The number of methoxy groups -OCH3 is 2. The van der Waals surface area contributed by atoms with E-state index in [1.807, 2.05) is 12.1 Å². The Morgan fingerprint density at radius 3 is 2.78 bits per heavy atom. The van der Waals surface area contributed by atoms with E-state index in [1.54, 1.807) is 14.2 Å². The van der Waals surface area contributed by atoms with Crippen molar-refractivity contribution in [2.45, 2.75) is 19.3 Å². The minimum absolute atomic E-state index is 0.625. The van der Waals surface area contributed by atoms with E-state index in [0.29, 0.717) is 10.9 Å². The summed E-state index contributed by atoms with van der Waals surface area (Å²) in [6.45, 7) is 2.18. The van der Waals surface area contributed by atoms with Gasteiger partial charge in [-0.3, -0.25) is 0 Å². The quantitative estimate of drug-likeness (QED) is 0.912. The molecule has 0 aliphatic carbocycles. The molecule has 1 aliphatic rings. The van der Waals surface area contributed by atoms with Crippen LogP contribution in [-0.2, 0) is 6.42 Å². The van der Waals surface area contributed by atoms with Crippen molar-refractivity contribution in [2.24, 2.45) is 5.92 Å². The number of piperidine rings is 1. The van der Waals surface area contributed by atoms with Gasteiger partial charge in [-0.15, -0.1) is 0 Å². The Hall–Kier alpha value is -0.930. The van der Waals surface area contributed by atoms with Gasteiger partial charge in [-0.25, -0.2) is 0 Å². The van der Waals surface area contributed by atoms with Crippen molar-refractivity contribution in [1.82, 2.24) is 5.32 Å². The maximum absolute atomic E-state index is 6.18. The molecule has 100 valence electrons. The third kappa shape index (κ3) is 2.90. The molecule has 1 fully saturated rings. The highest BCUT2D eigenvalue weighted by atomic mass is 35.5. The molecule has 1 saturated heterocycles. The van der Waals surface area contributed by atoms with Crippen LogP contribution in [0.5, 0.6) is 11.5 Å². The lowest BCUT2D eigenvalue weighted by Gasteiger charge is -2.24. The zero-order chi connectivity index (χ0) is 13.0. The molecule has 0 spiro atoms. The summed E-state index contributed by atoms with van der Waals surface area (Å²) in [6.07, 6.45) is 3.42. The fraction of sp³-hybridized carbons (Fsp3) is 0.571. The fourth-order valence-electron chi connectivity index (χ4n) is 2.57. The molecule has 1 atom stereocenters. The number of hydrogen-bond donors (Lipinski definition) is 1. The predicted molar refractivity (Wildman–Crippen MR) is 73.9 cm³/mol. The number of halogens is 1. The highest BCUT2D eigenvalue weighted by Crippen LogP contribution is 2.37. The highest BCUT2D eigenvalue weighted by molar-refractivity contribution is 6.32. The van der Waals surface area contributed by atoms with Gasteiger partial charge in [0, 0.05) is 5.56 Å². The summed E-state index contributed by atoms with van der Waals surface area (Å²) < 4.78 is 10.9. The molecule has 0 aromatic heterocycles. The van der Waals surface area contributed by atoms with E-state index in [2.05, 4.69) is 5.32 Å². The molecule has 0 amide bonds. The topological polar surface area (TPSA) is 30.5 Å². The Morgan fingerprint density at radius 1 is 1.33 bits per heavy atom. The highest BCUT2D eigenvalue weighted by Gasteiger charge is 2.20. The second-order valence-corrected chi connectivity index (χ2v) is 5.09. The van der Waals surface area contributed by atoms with Crippen molar-refractivity contribution in [2.75, 3.05) is 27.3 Å². The van der Waals surface area contributed by atoms with Crippen LogP contribution in [0.25, 0.3) is 0 Å². The van der Waals surface area contributed by atoms with Gasteiger partial charge in [0.15, 0.2) is 0 Å². The third-order valence-electron chi connectivity index (χ3n) is 3.49. The maximum atomic E-state index is 6.18. The van der Waals surface area contributed by atoms with Crippen molar-refractivity contribution in [3.63, 3.8) is 0 Å². The Morgan fingerprint density at radius 2 is 2.17 bits per heavy atom. The van der Waals surface area contributed by atoms with E-state index in [-0.39, 0.29) is 0 Å². The molecule has 0 bridgehead atoms. The van der Waals surface area contributed by atoms with Crippen LogP contribution in [-0.4, -0.2) is 27.3 Å². The largest absolute Gasteiger partial charge is 0.496 e. The van der Waals surface area contributed by atoms with E-state index in [1.165, 1.54) is 12.8 Å². The molecule has 3 nitrogen and oxygen atoms in total. The predicted octanol–water partition coefficient (Wildman–Crippen LogP) is 2.90. The third-order valence-corrected chi connectivity index (χ3v) is 3.78. The molecule has 0 saturated carbocycles. The van der Waals surface area contributed by atoms with E-state index in [0.717, 1.165) is 36.6 Å². The summed E-state index contributed by atoms with van der Waals surface area (Å²) in [5, 5.41) is 4.08. The van der Waals surface area contributed by atoms with Crippen LogP contribution in [0.15, 0.2) is 12.1 Å². The van der Waals surface area contributed by atoms with Crippen LogP contribution in [0.3, 0.4) is 0 Å². The fourth-order valence-corrected chi connectivity index (χ4v) is 2.83. The van der Waals surface area contributed by atoms with E-state index in [9.17, 15) is 0 Å². The average molecular weight is 270 g/mol. The lowest BCUT2D eigenvalue weighted by Crippen LogP contribution is -2.31. The van der Waals surface area contributed by atoms with Crippen molar-refractivity contribution >= 4 is 11.6 Å². The first-order valence-corrected chi connectivity index (χ1v) is 6.74. The van der Waals surface area contributed by atoms with Gasteiger partial charge in [0.2, 0.25) is 0 Å². The molecule has 4 heteroatoms. The van der Waals surface area contributed by atoms with Gasteiger partial charge in [0.1, 0.15) is 11.5 Å². The zero-order valence-corrected chi connectivity index (χ0v) is 11.7. The van der Waals surface area contributed by atoms with Gasteiger partial charge in [-0.2, -0.15) is 0 Å². The smallest absolute Gasteiger partial charge is 0.144 e. The molecule has 18 heavy (non-hydrogen) atoms. The minimum atomic E-state index is 0.625. The molecule has 1 heterocycles. The Balaban J connectivity index is 2.25. The summed E-state index contributed by atoms with van der Waals surface area (Å²) in [7, 11) is 3.34. The lowest BCUT2D eigenvalue weighted by molar-refractivity contribution is 0.349. The van der Waals surface area contributed by atoms with E-state index in [4.69, 9.17) is 21.1 Å². The molecular formula is C14H20ClNO2. The molecule has 1 aliphatic heterocycles. The first kappa shape index (κ1) is 13.5. The standard InChI is InChI=1S/C14H20ClNO2/c1-17-13-6-5-12(15)14(18-2)11(13)8-10-4-3-7-16-9-10/h5-6,10,16H,3-4,7-9H2,1-2H3. The van der Waals surface area contributed by atoms with Crippen molar-refractivity contribution < 1.29 is 9.47 Å². The number of ether oxygens (including phenoxy) is 2. The molecule has 1 unspecified atom stereocenters. The van der Waals surface area contributed by atoms with Gasteiger partial charge in [0.25, 0.3) is 0 Å². The van der Waals surface area contributed by atoms with E-state index < -0.39 is 0 Å². The normalized spacial score (nSPS) is 19.6. The molecule has 2 rings (SSSR count). The maximum Gasteiger partial charge on any atom is 0.144 e.